The monoisotopic (exact) mass is 255 g/mol. The molecular formula is C11H11Cl2N3. The van der Waals surface area contributed by atoms with E-state index in [0.717, 1.165) is 23.6 Å². The van der Waals surface area contributed by atoms with Gasteiger partial charge >= 0.3 is 0 Å². The first-order valence-electron chi connectivity index (χ1n) is 4.96. The number of aromatic nitrogens is 2. The number of halogens is 2. The Kier molecular flexibility index (Phi) is 3.36. The number of H-pyrrole nitrogens is 1. The molecule has 0 spiro atoms. The third-order valence-electron chi connectivity index (χ3n) is 2.18. The van der Waals surface area contributed by atoms with Crippen LogP contribution in [0.4, 0.5) is 5.82 Å². The maximum absolute atomic E-state index is 6.11. The van der Waals surface area contributed by atoms with Crippen molar-refractivity contribution in [2.75, 3.05) is 11.9 Å². The van der Waals surface area contributed by atoms with Crippen LogP contribution in [0.1, 0.15) is 6.92 Å². The van der Waals surface area contributed by atoms with Gasteiger partial charge in [-0.05, 0) is 13.0 Å². The molecule has 1 heterocycles. The molecule has 2 rings (SSSR count). The van der Waals surface area contributed by atoms with Crippen molar-refractivity contribution in [3.63, 3.8) is 0 Å². The largest absolute Gasteiger partial charge is 0.369 e. The van der Waals surface area contributed by atoms with Gasteiger partial charge in [0.05, 0.1) is 15.7 Å². The first-order chi connectivity index (χ1) is 7.72. The van der Waals surface area contributed by atoms with Crippen molar-refractivity contribution in [1.82, 2.24) is 10.2 Å². The molecule has 0 aliphatic rings. The van der Waals surface area contributed by atoms with Crippen molar-refractivity contribution in [2.24, 2.45) is 0 Å². The lowest BCUT2D eigenvalue weighted by atomic mass is 10.1. The normalized spacial score (nSPS) is 10.4. The molecule has 1 aromatic heterocycles. The summed E-state index contributed by atoms with van der Waals surface area (Å²) in [5.74, 6) is 0.800. The fourth-order valence-electron chi connectivity index (χ4n) is 1.44. The summed E-state index contributed by atoms with van der Waals surface area (Å²) in [6, 6.07) is 7.42. The van der Waals surface area contributed by atoms with Gasteiger partial charge in [-0.25, -0.2) is 0 Å². The molecule has 0 aliphatic carbocycles. The molecule has 0 radical (unpaired) electrons. The lowest BCUT2D eigenvalue weighted by Gasteiger charge is -2.02. The standard InChI is InChI=1S/C11H11Cl2N3/c1-2-14-10-6-9(15-16-10)7-4-3-5-8(12)11(7)13/h3-6H,2H2,1H3,(H2,14,15,16). The van der Waals surface area contributed by atoms with Gasteiger partial charge in [0.25, 0.3) is 0 Å². The lowest BCUT2D eigenvalue weighted by molar-refractivity contribution is 1.07. The molecule has 0 saturated heterocycles. The summed E-state index contributed by atoms with van der Waals surface area (Å²) in [5.41, 5.74) is 1.70. The van der Waals surface area contributed by atoms with Gasteiger partial charge in [0.2, 0.25) is 0 Å². The van der Waals surface area contributed by atoms with Gasteiger partial charge in [0.15, 0.2) is 0 Å². The highest BCUT2D eigenvalue weighted by molar-refractivity contribution is 6.43. The summed E-state index contributed by atoms with van der Waals surface area (Å²) in [7, 11) is 0. The predicted molar refractivity (Wildman–Crippen MR) is 68.2 cm³/mol. The predicted octanol–water partition coefficient (Wildman–Crippen LogP) is 3.82. The van der Waals surface area contributed by atoms with Crippen molar-refractivity contribution >= 4 is 29.0 Å². The molecule has 16 heavy (non-hydrogen) atoms. The summed E-state index contributed by atoms with van der Waals surface area (Å²) in [6.45, 7) is 2.84. The van der Waals surface area contributed by atoms with Crippen LogP contribution in [0.5, 0.6) is 0 Å². The van der Waals surface area contributed by atoms with E-state index in [0.29, 0.717) is 10.0 Å². The van der Waals surface area contributed by atoms with Crippen LogP contribution >= 0.6 is 23.2 Å². The van der Waals surface area contributed by atoms with Gasteiger partial charge in [-0.1, -0.05) is 35.3 Å². The van der Waals surface area contributed by atoms with Crippen molar-refractivity contribution in [2.45, 2.75) is 6.92 Å². The molecule has 0 atom stereocenters. The minimum atomic E-state index is 0.538. The van der Waals surface area contributed by atoms with E-state index in [1.165, 1.54) is 0 Å². The fourth-order valence-corrected chi connectivity index (χ4v) is 1.85. The van der Waals surface area contributed by atoms with Gasteiger partial charge in [-0.3, -0.25) is 5.10 Å². The maximum atomic E-state index is 6.11. The number of anilines is 1. The van der Waals surface area contributed by atoms with Gasteiger partial charge in [0.1, 0.15) is 5.82 Å². The minimum Gasteiger partial charge on any atom is -0.369 e. The van der Waals surface area contributed by atoms with E-state index in [4.69, 9.17) is 23.2 Å². The molecule has 0 amide bonds. The Balaban J connectivity index is 2.39. The van der Waals surface area contributed by atoms with E-state index in [-0.39, 0.29) is 0 Å². The summed E-state index contributed by atoms with van der Waals surface area (Å²) in [5, 5.41) is 11.2. The number of hydrogen-bond acceptors (Lipinski definition) is 2. The quantitative estimate of drug-likeness (QED) is 0.876. The van der Waals surface area contributed by atoms with Gasteiger partial charge in [-0.2, -0.15) is 5.10 Å². The zero-order valence-corrected chi connectivity index (χ0v) is 10.2. The smallest absolute Gasteiger partial charge is 0.148 e. The van der Waals surface area contributed by atoms with Crippen molar-refractivity contribution in [1.29, 1.82) is 0 Å². The first-order valence-corrected chi connectivity index (χ1v) is 5.71. The summed E-state index contributed by atoms with van der Waals surface area (Å²) in [6.07, 6.45) is 0. The second kappa shape index (κ2) is 4.76. The number of benzene rings is 1. The molecule has 0 aliphatic heterocycles. The number of rotatable bonds is 3. The molecular weight excluding hydrogens is 245 g/mol. The van der Waals surface area contributed by atoms with Gasteiger partial charge < -0.3 is 5.32 Å². The van der Waals surface area contributed by atoms with E-state index in [9.17, 15) is 0 Å². The molecule has 3 nitrogen and oxygen atoms in total. The lowest BCUT2D eigenvalue weighted by Crippen LogP contribution is -1.95. The summed E-state index contributed by atoms with van der Waals surface area (Å²) in [4.78, 5) is 0. The van der Waals surface area contributed by atoms with E-state index in [1.54, 1.807) is 6.07 Å². The zero-order chi connectivity index (χ0) is 11.5. The van der Waals surface area contributed by atoms with E-state index in [2.05, 4.69) is 15.5 Å². The third-order valence-corrected chi connectivity index (χ3v) is 3.00. The minimum absolute atomic E-state index is 0.538. The second-order valence-corrected chi connectivity index (χ2v) is 4.08. The molecule has 0 bridgehead atoms. The Morgan fingerprint density at radius 1 is 1.38 bits per heavy atom. The van der Waals surface area contributed by atoms with Crippen LogP contribution in [0.15, 0.2) is 24.3 Å². The van der Waals surface area contributed by atoms with Gasteiger partial charge in [0, 0.05) is 18.2 Å². The second-order valence-electron chi connectivity index (χ2n) is 3.30. The SMILES string of the molecule is CCNc1cc(-c2cccc(Cl)c2Cl)[nH]n1. The average Bonchev–Trinajstić information content (AvgIpc) is 2.71. The highest BCUT2D eigenvalue weighted by Crippen LogP contribution is 2.32. The highest BCUT2D eigenvalue weighted by atomic mass is 35.5. The summed E-state index contributed by atoms with van der Waals surface area (Å²) < 4.78 is 0. The summed E-state index contributed by atoms with van der Waals surface area (Å²) >= 11 is 12.1. The molecule has 2 aromatic rings. The van der Waals surface area contributed by atoms with Crippen LogP contribution in [0, 0.1) is 0 Å². The Morgan fingerprint density at radius 3 is 2.94 bits per heavy atom. The van der Waals surface area contributed by atoms with Crippen LogP contribution in [-0.2, 0) is 0 Å². The molecule has 0 fully saturated rings. The Bertz CT molecular complexity index is 494. The van der Waals surface area contributed by atoms with Crippen LogP contribution < -0.4 is 5.32 Å². The number of aromatic amines is 1. The Labute approximate surface area is 104 Å². The van der Waals surface area contributed by atoms with Crippen LogP contribution in [-0.4, -0.2) is 16.7 Å². The highest BCUT2D eigenvalue weighted by Gasteiger charge is 2.09. The van der Waals surface area contributed by atoms with E-state index in [1.807, 2.05) is 25.1 Å². The number of nitrogens with zero attached hydrogens (tertiary/aromatic N) is 1. The fraction of sp³-hybridized carbons (Fsp3) is 0.182. The Morgan fingerprint density at radius 2 is 2.19 bits per heavy atom. The molecule has 1 aromatic carbocycles. The number of hydrogen-bond donors (Lipinski definition) is 2. The molecule has 0 unspecified atom stereocenters. The van der Waals surface area contributed by atoms with Crippen LogP contribution in [0.2, 0.25) is 10.0 Å². The van der Waals surface area contributed by atoms with E-state index >= 15 is 0 Å². The molecule has 5 heteroatoms. The van der Waals surface area contributed by atoms with Crippen molar-refractivity contribution in [3.05, 3.63) is 34.3 Å². The van der Waals surface area contributed by atoms with Gasteiger partial charge in [-0.15, -0.1) is 0 Å². The Hall–Kier alpha value is -1.19. The molecule has 2 N–H and O–H groups in total. The topological polar surface area (TPSA) is 40.7 Å². The zero-order valence-electron chi connectivity index (χ0n) is 8.72. The van der Waals surface area contributed by atoms with Crippen LogP contribution in [0.3, 0.4) is 0 Å². The van der Waals surface area contributed by atoms with E-state index < -0.39 is 0 Å². The van der Waals surface area contributed by atoms with Crippen molar-refractivity contribution in [3.8, 4) is 11.3 Å². The van der Waals surface area contributed by atoms with Crippen LogP contribution in [0.25, 0.3) is 11.3 Å². The maximum Gasteiger partial charge on any atom is 0.148 e. The average molecular weight is 256 g/mol. The van der Waals surface area contributed by atoms with Crippen molar-refractivity contribution < 1.29 is 0 Å². The molecule has 0 saturated carbocycles. The first kappa shape index (κ1) is 11.3. The molecule has 84 valence electrons. The third kappa shape index (κ3) is 2.15. The number of nitrogens with one attached hydrogen (secondary N) is 2.